The molecule has 1 atom stereocenters. The van der Waals surface area contributed by atoms with Crippen LogP contribution in [0.25, 0.3) is 0 Å². The highest BCUT2D eigenvalue weighted by Gasteiger charge is 2.48. The molecule has 1 aliphatic heterocycles. The molecule has 1 aliphatic rings. The Bertz CT molecular complexity index is 487. The fraction of sp³-hybridized carbons (Fsp3) is 0.500. The summed E-state index contributed by atoms with van der Waals surface area (Å²) in [6.07, 6.45) is 1.74. The average Bonchev–Trinajstić information content (AvgIpc) is 2.75. The van der Waals surface area contributed by atoms with Gasteiger partial charge in [0.2, 0.25) is 0 Å². The number of carbonyl (C=O) groups is 1. The zero-order valence-corrected chi connectivity index (χ0v) is 9.37. The molecular formula is C10H12O5S. The molecule has 1 saturated heterocycles. The maximum Gasteiger partial charge on any atom is 0.311 e. The van der Waals surface area contributed by atoms with Crippen molar-refractivity contribution in [2.45, 2.75) is 12.8 Å². The first-order chi connectivity index (χ1) is 7.44. The minimum Gasteiger partial charge on any atom is -0.481 e. The van der Waals surface area contributed by atoms with Crippen LogP contribution in [0, 0.1) is 5.41 Å². The van der Waals surface area contributed by atoms with Crippen LogP contribution in [-0.4, -0.2) is 31.0 Å². The first-order valence-electron chi connectivity index (χ1n) is 4.90. The molecule has 1 unspecified atom stereocenters. The molecule has 0 bridgehead atoms. The molecule has 0 spiro atoms. The van der Waals surface area contributed by atoms with Crippen molar-refractivity contribution in [3.8, 4) is 0 Å². The summed E-state index contributed by atoms with van der Waals surface area (Å²) < 4.78 is 27.9. The third-order valence-corrected chi connectivity index (χ3v) is 4.75. The molecule has 1 aromatic heterocycles. The predicted octanol–water partition coefficient (Wildman–Crippen LogP) is 0.712. The van der Waals surface area contributed by atoms with Gasteiger partial charge in [-0.1, -0.05) is 0 Å². The Kier molecular flexibility index (Phi) is 2.53. The first-order valence-corrected chi connectivity index (χ1v) is 6.72. The van der Waals surface area contributed by atoms with Gasteiger partial charge in [0.25, 0.3) is 0 Å². The standard InChI is InChI=1S/C10H12O5S/c11-9(12)10(3-5-16(13,14)7-10)6-8-2-1-4-15-8/h1-2,4H,3,5-7H2,(H,11,12). The fourth-order valence-corrected chi connectivity index (χ4v) is 4.10. The molecule has 2 heterocycles. The van der Waals surface area contributed by atoms with Crippen molar-refractivity contribution in [1.82, 2.24) is 0 Å². The zero-order valence-electron chi connectivity index (χ0n) is 8.55. The molecule has 88 valence electrons. The normalized spacial score (nSPS) is 28.0. The number of hydrogen-bond donors (Lipinski definition) is 1. The summed E-state index contributed by atoms with van der Waals surface area (Å²) in [6, 6.07) is 3.32. The second-order valence-corrected chi connectivity index (χ2v) is 6.37. The minimum atomic E-state index is -3.22. The quantitative estimate of drug-likeness (QED) is 0.846. The molecule has 0 amide bonds. The Balaban J connectivity index is 2.28. The van der Waals surface area contributed by atoms with E-state index >= 15 is 0 Å². The van der Waals surface area contributed by atoms with E-state index in [1.807, 2.05) is 0 Å². The van der Waals surface area contributed by atoms with Crippen LogP contribution < -0.4 is 0 Å². The minimum absolute atomic E-state index is 0.0555. The van der Waals surface area contributed by atoms with E-state index in [2.05, 4.69) is 0 Å². The topological polar surface area (TPSA) is 84.6 Å². The lowest BCUT2D eigenvalue weighted by Gasteiger charge is -2.20. The second kappa shape index (κ2) is 3.62. The smallest absolute Gasteiger partial charge is 0.311 e. The molecule has 0 saturated carbocycles. The van der Waals surface area contributed by atoms with Crippen molar-refractivity contribution in [2.24, 2.45) is 5.41 Å². The van der Waals surface area contributed by atoms with E-state index in [1.54, 1.807) is 12.1 Å². The molecule has 1 N–H and O–H groups in total. The molecule has 1 fully saturated rings. The number of sulfone groups is 1. The Morgan fingerprint density at radius 1 is 1.56 bits per heavy atom. The largest absolute Gasteiger partial charge is 0.481 e. The molecule has 5 nitrogen and oxygen atoms in total. The summed E-state index contributed by atoms with van der Waals surface area (Å²) in [5.41, 5.74) is -1.21. The molecule has 2 rings (SSSR count). The number of rotatable bonds is 3. The Labute approximate surface area is 93.0 Å². The second-order valence-electron chi connectivity index (χ2n) is 4.18. The predicted molar refractivity (Wildman–Crippen MR) is 55.8 cm³/mol. The average molecular weight is 244 g/mol. The van der Waals surface area contributed by atoms with E-state index in [9.17, 15) is 18.3 Å². The molecular weight excluding hydrogens is 232 g/mol. The van der Waals surface area contributed by atoms with Crippen LogP contribution in [0.3, 0.4) is 0 Å². The SMILES string of the molecule is O=C(O)C1(Cc2ccco2)CCS(=O)(=O)C1. The van der Waals surface area contributed by atoms with Gasteiger partial charge in [-0.15, -0.1) is 0 Å². The van der Waals surface area contributed by atoms with E-state index in [-0.39, 0.29) is 24.3 Å². The van der Waals surface area contributed by atoms with Crippen LogP contribution in [0.2, 0.25) is 0 Å². The van der Waals surface area contributed by atoms with Crippen LogP contribution in [-0.2, 0) is 21.1 Å². The molecule has 6 heteroatoms. The lowest BCUT2D eigenvalue weighted by Crippen LogP contribution is -2.34. The summed E-state index contributed by atoms with van der Waals surface area (Å²) >= 11 is 0. The Hall–Kier alpha value is -1.30. The maximum atomic E-state index is 11.4. The molecule has 0 aromatic carbocycles. The van der Waals surface area contributed by atoms with Gasteiger partial charge in [-0.3, -0.25) is 4.79 Å². The van der Waals surface area contributed by atoms with Gasteiger partial charge in [-0.2, -0.15) is 0 Å². The summed E-state index contributed by atoms with van der Waals surface area (Å²) in [7, 11) is -3.22. The van der Waals surface area contributed by atoms with E-state index in [1.165, 1.54) is 6.26 Å². The van der Waals surface area contributed by atoms with Crippen molar-refractivity contribution in [1.29, 1.82) is 0 Å². The number of carboxylic acids is 1. The van der Waals surface area contributed by atoms with Gasteiger partial charge in [0.15, 0.2) is 9.84 Å². The fourth-order valence-electron chi connectivity index (χ4n) is 2.05. The third-order valence-electron chi connectivity index (χ3n) is 2.93. The highest BCUT2D eigenvalue weighted by atomic mass is 32.2. The van der Waals surface area contributed by atoms with Crippen LogP contribution >= 0.6 is 0 Å². The van der Waals surface area contributed by atoms with E-state index < -0.39 is 21.2 Å². The molecule has 1 aromatic rings. The number of furan rings is 1. The van der Waals surface area contributed by atoms with Gasteiger partial charge in [-0.25, -0.2) is 8.42 Å². The van der Waals surface area contributed by atoms with E-state index in [4.69, 9.17) is 4.42 Å². The van der Waals surface area contributed by atoms with E-state index in [0.717, 1.165) is 0 Å². The third kappa shape index (κ3) is 1.97. The Morgan fingerprint density at radius 3 is 2.75 bits per heavy atom. The maximum absolute atomic E-state index is 11.4. The van der Waals surface area contributed by atoms with Gasteiger partial charge in [-0.05, 0) is 18.6 Å². The van der Waals surface area contributed by atoms with Crippen molar-refractivity contribution >= 4 is 15.8 Å². The summed E-state index contributed by atoms with van der Waals surface area (Å²) in [5, 5.41) is 9.19. The molecule has 0 aliphatic carbocycles. The molecule has 16 heavy (non-hydrogen) atoms. The van der Waals surface area contributed by atoms with Crippen LogP contribution in [0.4, 0.5) is 0 Å². The summed E-state index contributed by atoms with van der Waals surface area (Å²) in [6.45, 7) is 0. The monoisotopic (exact) mass is 244 g/mol. The van der Waals surface area contributed by atoms with Gasteiger partial charge in [0, 0.05) is 6.42 Å². The first kappa shape index (κ1) is 11.2. The zero-order chi connectivity index (χ0) is 11.8. The highest BCUT2D eigenvalue weighted by molar-refractivity contribution is 7.91. The number of hydrogen-bond acceptors (Lipinski definition) is 4. The highest BCUT2D eigenvalue weighted by Crippen LogP contribution is 2.36. The van der Waals surface area contributed by atoms with E-state index in [0.29, 0.717) is 5.76 Å². The number of aliphatic carboxylic acids is 1. The van der Waals surface area contributed by atoms with Gasteiger partial charge < -0.3 is 9.52 Å². The lowest BCUT2D eigenvalue weighted by atomic mass is 9.83. The molecule has 0 radical (unpaired) electrons. The van der Waals surface area contributed by atoms with Gasteiger partial charge in [0.05, 0.1) is 23.2 Å². The Morgan fingerprint density at radius 2 is 2.31 bits per heavy atom. The lowest BCUT2D eigenvalue weighted by molar-refractivity contribution is -0.147. The van der Waals surface area contributed by atoms with Gasteiger partial charge >= 0.3 is 5.97 Å². The van der Waals surface area contributed by atoms with Gasteiger partial charge in [0.1, 0.15) is 5.76 Å². The van der Waals surface area contributed by atoms with Crippen LogP contribution in [0.5, 0.6) is 0 Å². The van der Waals surface area contributed by atoms with Crippen molar-refractivity contribution in [3.05, 3.63) is 24.2 Å². The van der Waals surface area contributed by atoms with Crippen molar-refractivity contribution < 1.29 is 22.7 Å². The van der Waals surface area contributed by atoms with Crippen LogP contribution in [0.15, 0.2) is 22.8 Å². The van der Waals surface area contributed by atoms with Crippen molar-refractivity contribution in [2.75, 3.05) is 11.5 Å². The number of carboxylic acid groups (broad SMARTS) is 1. The summed E-state index contributed by atoms with van der Waals surface area (Å²) in [5.74, 6) is -0.903. The van der Waals surface area contributed by atoms with Crippen molar-refractivity contribution in [3.63, 3.8) is 0 Å². The van der Waals surface area contributed by atoms with Crippen LogP contribution in [0.1, 0.15) is 12.2 Å². The summed E-state index contributed by atoms with van der Waals surface area (Å²) in [4.78, 5) is 11.2.